The van der Waals surface area contributed by atoms with Crippen LogP contribution < -0.4 is 5.32 Å². The number of nitrogens with zero attached hydrogens (tertiary/aromatic N) is 2. The van der Waals surface area contributed by atoms with E-state index in [9.17, 15) is 9.59 Å². The molecule has 0 bridgehead atoms. The van der Waals surface area contributed by atoms with Crippen LogP contribution in [0.1, 0.15) is 28.4 Å². The number of hydrogen-bond donors (Lipinski definition) is 2. The van der Waals surface area contributed by atoms with E-state index in [0.717, 1.165) is 16.8 Å². The zero-order valence-electron chi connectivity index (χ0n) is 13.2. The smallest absolute Gasteiger partial charge is 0.409 e. The lowest BCUT2D eigenvalue weighted by Crippen LogP contribution is -2.12. The molecule has 1 aliphatic heterocycles. The van der Waals surface area contributed by atoms with Gasteiger partial charge in [0, 0.05) is 23.2 Å². The summed E-state index contributed by atoms with van der Waals surface area (Å²) in [7, 11) is 0. The minimum Gasteiger partial charge on any atom is -0.465 e. The molecule has 0 fully saturated rings. The fraction of sp³-hybridized carbons (Fsp3) is 0.105. The summed E-state index contributed by atoms with van der Waals surface area (Å²) in [6.07, 6.45) is 2.77. The largest absolute Gasteiger partial charge is 0.465 e. The SMILES string of the molecule is O=C(O)Nc1ccc(C(=O)CC2c3ccccc3-c3cncn32)cc1. The molecule has 0 saturated carbocycles. The number of nitrogens with one attached hydrogen (secondary N) is 1. The molecule has 0 spiro atoms. The maximum atomic E-state index is 12.7. The molecular weight excluding hydrogens is 318 g/mol. The van der Waals surface area contributed by atoms with Crippen LogP contribution in [0.4, 0.5) is 10.5 Å². The van der Waals surface area contributed by atoms with Gasteiger partial charge < -0.3 is 9.67 Å². The van der Waals surface area contributed by atoms with E-state index in [0.29, 0.717) is 17.7 Å². The summed E-state index contributed by atoms with van der Waals surface area (Å²) < 4.78 is 2.03. The van der Waals surface area contributed by atoms with Crippen molar-refractivity contribution in [3.63, 3.8) is 0 Å². The van der Waals surface area contributed by atoms with Crippen LogP contribution in [0.5, 0.6) is 0 Å². The number of hydrogen-bond acceptors (Lipinski definition) is 3. The van der Waals surface area contributed by atoms with Gasteiger partial charge in [0.05, 0.1) is 24.3 Å². The molecule has 2 N–H and O–H groups in total. The number of rotatable bonds is 4. The molecule has 4 rings (SSSR count). The Morgan fingerprint density at radius 2 is 1.88 bits per heavy atom. The maximum absolute atomic E-state index is 12.7. The first-order chi connectivity index (χ1) is 12.1. The Kier molecular flexibility index (Phi) is 3.57. The Bertz CT molecular complexity index is 960. The van der Waals surface area contributed by atoms with Gasteiger partial charge >= 0.3 is 6.09 Å². The van der Waals surface area contributed by atoms with E-state index < -0.39 is 6.09 Å². The molecule has 2 heterocycles. The highest BCUT2D eigenvalue weighted by Gasteiger charge is 2.29. The Morgan fingerprint density at radius 3 is 2.64 bits per heavy atom. The normalized spacial score (nSPS) is 14.6. The molecule has 1 amide bonds. The number of imidazole rings is 1. The molecule has 124 valence electrons. The minimum atomic E-state index is -1.13. The van der Waals surface area contributed by atoms with Crippen molar-refractivity contribution >= 4 is 17.6 Å². The fourth-order valence-corrected chi connectivity index (χ4v) is 3.30. The predicted molar refractivity (Wildman–Crippen MR) is 92.8 cm³/mol. The van der Waals surface area contributed by atoms with Gasteiger partial charge in [-0.25, -0.2) is 9.78 Å². The molecule has 25 heavy (non-hydrogen) atoms. The zero-order chi connectivity index (χ0) is 17.4. The molecule has 0 aliphatic carbocycles. The van der Waals surface area contributed by atoms with Crippen LogP contribution in [-0.2, 0) is 0 Å². The Morgan fingerprint density at radius 1 is 1.12 bits per heavy atom. The number of anilines is 1. The molecule has 0 radical (unpaired) electrons. The summed E-state index contributed by atoms with van der Waals surface area (Å²) in [5, 5.41) is 11.0. The van der Waals surface area contributed by atoms with E-state index in [1.54, 1.807) is 30.6 Å². The summed E-state index contributed by atoms with van der Waals surface area (Å²) in [5.41, 5.74) is 4.25. The molecule has 6 heteroatoms. The highest BCUT2D eigenvalue weighted by molar-refractivity contribution is 5.97. The number of carbonyl (C=O) groups is 2. The van der Waals surface area contributed by atoms with Gasteiger partial charge in [-0.15, -0.1) is 0 Å². The van der Waals surface area contributed by atoms with E-state index in [2.05, 4.69) is 10.3 Å². The molecule has 6 nitrogen and oxygen atoms in total. The first kappa shape index (κ1) is 15.1. The third-order valence-corrected chi connectivity index (χ3v) is 4.43. The fourth-order valence-electron chi connectivity index (χ4n) is 3.30. The molecule has 0 saturated heterocycles. The number of aromatic nitrogens is 2. The number of amides is 1. The van der Waals surface area contributed by atoms with Gasteiger partial charge in [0.2, 0.25) is 0 Å². The number of Topliss-reactive ketones (excluding diaryl/α,β-unsaturated/α-hetero) is 1. The van der Waals surface area contributed by atoms with Crippen LogP contribution in [0.25, 0.3) is 11.3 Å². The summed E-state index contributed by atoms with van der Waals surface area (Å²) in [6, 6.07) is 14.4. The van der Waals surface area contributed by atoms with Crippen LogP contribution in [0.15, 0.2) is 61.1 Å². The molecular formula is C19H15N3O3. The predicted octanol–water partition coefficient (Wildman–Crippen LogP) is 3.82. The van der Waals surface area contributed by atoms with Gasteiger partial charge in [-0.05, 0) is 29.8 Å². The summed E-state index contributed by atoms with van der Waals surface area (Å²) in [4.78, 5) is 27.5. The lowest BCUT2D eigenvalue weighted by molar-refractivity contribution is 0.0970. The van der Waals surface area contributed by atoms with Crippen molar-refractivity contribution < 1.29 is 14.7 Å². The second kappa shape index (κ2) is 5.90. The van der Waals surface area contributed by atoms with Gasteiger partial charge in [-0.1, -0.05) is 24.3 Å². The molecule has 1 aliphatic rings. The maximum Gasteiger partial charge on any atom is 0.409 e. The quantitative estimate of drug-likeness (QED) is 0.711. The van der Waals surface area contributed by atoms with Gasteiger partial charge in [-0.3, -0.25) is 10.1 Å². The number of ketones is 1. The van der Waals surface area contributed by atoms with Gasteiger partial charge in [-0.2, -0.15) is 0 Å². The Hall–Kier alpha value is -3.41. The highest BCUT2D eigenvalue weighted by Crippen LogP contribution is 2.41. The second-order valence-corrected chi connectivity index (χ2v) is 5.92. The zero-order valence-corrected chi connectivity index (χ0v) is 13.2. The van der Waals surface area contributed by atoms with E-state index in [4.69, 9.17) is 5.11 Å². The van der Waals surface area contributed by atoms with Crippen LogP contribution >= 0.6 is 0 Å². The van der Waals surface area contributed by atoms with Gasteiger partial charge in [0.25, 0.3) is 0 Å². The third-order valence-electron chi connectivity index (χ3n) is 4.43. The number of fused-ring (bicyclic) bond motifs is 3. The van der Waals surface area contributed by atoms with Crippen LogP contribution in [0.2, 0.25) is 0 Å². The van der Waals surface area contributed by atoms with Crippen molar-refractivity contribution in [2.45, 2.75) is 12.5 Å². The van der Waals surface area contributed by atoms with Crippen molar-refractivity contribution in [1.82, 2.24) is 9.55 Å². The topological polar surface area (TPSA) is 84.2 Å². The second-order valence-electron chi connectivity index (χ2n) is 5.92. The average molecular weight is 333 g/mol. The van der Waals surface area contributed by atoms with E-state index >= 15 is 0 Å². The molecule has 2 aromatic carbocycles. The van der Waals surface area contributed by atoms with Gasteiger partial charge in [0.15, 0.2) is 5.78 Å². The van der Waals surface area contributed by atoms with Crippen molar-refractivity contribution in [1.29, 1.82) is 0 Å². The molecule has 1 aromatic heterocycles. The minimum absolute atomic E-state index is 0.00299. The third kappa shape index (κ3) is 2.67. The Balaban J connectivity index is 1.58. The van der Waals surface area contributed by atoms with Crippen molar-refractivity contribution in [3.8, 4) is 11.3 Å². The average Bonchev–Trinajstić information content (AvgIpc) is 3.18. The van der Waals surface area contributed by atoms with Crippen LogP contribution in [0, 0.1) is 0 Å². The summed E-state index contributed by atoms with van der Waals surface area (Å²) >= 11 is 0. The monoisotopic (exact) mass is 333 g/mol. The van der Waals surface area contributed by atoms with Crippen molar-refractivity contribution in [3.05, 3.63) is 72.2 Å². The standard InChI is InChI=1S/C19H15N3O3/c23-18(12-5-7-13(8-6-12)21-19(24)25)9-16-14-3-1-2-4-15(14)17-10-20-11-22(16)17/h1-8,10-11,16,21H,9H2,(H,24,25). The first-order valence-electron chi connectivity index (χ1n) is 7.88. The van der Waals surface area contributed by atoms with E-state index in [1.807, 2.05) is 35.0 Å². The highest BCUT2D eigenvalue weighted by atomic mass is 16.4. The van der Waals surface area contributed by atoms with Gasteiger partial charge in [0.1, 0.15) is 0 Å². The number of carboxylic acid groups (broad SMARTS) is 1. The number of benzene rings is 2. The van der Waals surface area contributed by atoms with E-state index in [1.165, 1.54) is 0 Å². The lowest BCUT2D eigenvalue weighted by Gasteiger charge is -2.14. The molecule has 1 atom stereocenters. The van der Waals surface area contributed by atoms with Crippen molar-refractivity contribution in [2.24, 2.45) is 0 Å². The van der Waals surface area contributed by atoms with Crippen LogP contribution in [-0.4, -0.2) is 26.5 Å². The molecule has 3 aromatic rings. The summed E-state index contributed by atoms with van der Waals surface area (Å²) in [5.74, 6) is 0.00299. The van der Waals surface area contributed by atoms with E-state index in [-0.39, 0.29) is 11.8 Å². The number of carbonyl (C=O) groups excluding carboxylic acids is 1. The summed E-state index contributed by atoms with van der Waals surface area (Å²) in [6.45, 7) is 0. The van der Waals surface area contributed by atoms with Crippen LogP contribution in [0.3, 0.4) is 0 Å². The lowest BCUT2D eigenvalue weighted by atomic mass is 9.97. The molecule has 1 unspecified atom stereocenters. The first-order valence-corrected chi connectivity index (χ1v) is 7.88. The Labute approximate surface area is 143 Å². The van der Waals surface area contributed by atoms with Crippen molar-refractivity contribution in [2.75, 3.05) is 5.32 Å².